The Morgan fingerprint density at radius 1 is 1.73 bits per heavy atom. The van der Waals surface area contributed by atoms with Crippen LogP contribution in [0.25, 0.3) is 0 Å². The Bertz CT molecular complexity index is 238. The molecule has 0 fully saturated rings. The van der Waals surface area contributed by atoms with Gasteiger partial charge in [-0.05, 0) is 6.20 Å². The van der Waals surface area contributed by atoms with E-state index in [-0.39, 0.29) is 5.78 Å². The minimum Gasteiger partial charge on any atom is -0.404 e. The van der Waals surface area contributed by atoms with E-state index in [0.29, 0.717) is 5.57 Å². The van der Waals surface area contributed by atoms with Crippen LogP contribution in [0.5, 0.6) is 0 Å². The molecule has 3 N–H and O–H groups in total. The number of carbonyl (C=O) groups excluding carboxylic acids is 1. The first kappa shape index (κ1) is 7.60. The van der Waals surface area contributed by atoms with Crippen molar-refractivity contribution in [2.24, 2.45) is 5.73 Å². The van der Waals surface area contributed by atoms with Crippen molar-refractivity contribution in [1.82, 2.24) is 5.32 Å². The number of hydrogen-bond donors (Lipinski definition) is 2. The number of dihydropyridines is 1. The van der Waals surface area contributed by atoms with Gasteiger partial charge in [-0.3, -0.25) is 4.79 Å². The highest BCUT2D eigenvalue weighted by atomic mass is 16.1. The number of nitrogens with two attached hydrogens (primary N) is 1. The Kier molecular flexibility index (Phi) is 2.49. The maximum Gasteiger partial charge on any atom is 0.188 e. The van der Waals surface area contributed by atoms with Crippen LogP contribution in [0.3, 0.4) is 0 Å². The fourth-order valence-corrected chi connectivity index (χ4v) is 0.808. The van der Waals surface area contributed by atoms with Gasteiger partial charge in [0.05, 0.1) is 0 Å². The van der Waals surface area contributed by atoms with Gasteiger partial charge >= 0.3 is 0 Å². The van der Waals surface area contributed by atoms with Crippen molar-refractivity contribution < 1.29 is 4.79 Å². The summed E-state index contributed by atoms with van der Waals surface area (Å²) in [6.07, 6.45) is 7.92. The van der Waals surface area contributed by atoms with Gasteiger partial charge in [0.2, 0.25) is 0 Å². The molecule has 3 heteroatoms. The van der Waals surface area contributed by atoms with E-state index in [1.807, 2.05) is 6.08 Å². The molecule has 1 aliphatic heterocycles. The fraction of sp³-hybridized carbons (Fsp3) is 0.125. The van der Waals surface area contributed by atoms with Crippen molar-refractivity contribution >= 4 is 5.78 Å². The molecule has 0 saturated carbocycles. The van der Waals surface area contributed by atoms with E-state index in [1.54, 1.807) is 12.3 Å². The molecule has 0 bridgehead atoms. The molecule has 0 spiro atoms. The summed E-state index contributed by atoms with van der Waals surface area (Å²) in [5, 5.41) is 2.93. The first-order valence-electron chi connectivity index (χ1n) is 3.37. The van der Waals surface area contributed by atoms with Crippen molar-refractivity contribution in [2.45, 2.75) is 0 Å². The molecular weight excluding hydrogens is 140 g/mol. The first-order chi connectivity index (χ1) is 5.34. The molecule has 0 aromatic carbocycles. The van der Waals surface area contributed by atoms with Gasteiger partial charge < -0.3 is 11.1 Å². The highest BCUT2D eigenvalue weighted by Gasteiger charge is 2.02. The zero-order valence-electron chi connectivity index (χ0n) is 6.08. The molecule has 0 amide bonds. The van der Waals surface area contributed by atoms with Crippen LogP contribution in [-0.4, -0.2) is 12.3 Å². The second-order valence-corrected chi connectivity index (χ2v) is 2.13. The summed E-state index contributed by atoms with van der Waals surface area (Å²) in [6, 6.07) is 0. The van der Waals surface area contributed by atoms with E-state index in [0.717, 1.165) is 6.54 Å². The lowest BCUT2D eigenvalue weighted by Crippen LogP contribution is -2.12. The highest BCUT2D eigenvalue weighted by Crippen LogP contribution is 2.01. The van der Waals surface area contributed by atoms with E-state index >= 15 is 0 Å². The van der Waals surface area contributed by atoms with Crippen molar-refractivity contribution in [3.63, 3.8) is 0 Å². The lowest BCUT2D eigenvalue weighted by Gasteiger charge is -2.04. The largest absolute Gasteiger partial charge is 0.404 e. The average molecular weight is 150 g/mol. The summed E-state index contributed by atoms with van der Waals surface area (Å²) < 4.78 is 0. The summed E-state index contributed by atoms with van der Waals surface area (Å²) >= 11 is 0. The number of ketones is 1. The lowest BCUT2D eigenvalue weighted by atomic mass is 10.1. The maximum atomic E-state index is 11.1. The monoisotopic (exact) mass is 150 g/mol. The minimum atomic E-state index is -0.0732. The SMILES string of the molecule is N/C=C/C(=O)C1=CNCC=C1. The first-order valence-corrected chi connectivity index (χ1v) is 3.37. The van der Waals surface area contributed by atoms with E-state index in [2.05, 4.69) is 5.32 Å². The molecule has 3 nitrogen and oxygen atoms in total. The molecule has 0 aromatic heterocycles. The molecule has 1 heterocycles. The Labute approximate surface area is 65.3 Å². The second kappa shape index (κ2) is 3.61. The zero-order valence-corrected chi connectivity index (χ0v) is 6.08. The summed E-state index contributed by atoms with van der Waals surface area (Å²) in [5.74, 6) is -0.0732. The van der Waals surface area contributed by atoms with Crippen LogP contribution in [0.2, 0.25) is 0 Å². The second-order valence-electron chi connectivity index (χ2n) is 2.13. The maximum absolute atomic E-state index is 11.1. The molecule has 0 aromatic rings. The molecule has 1 rings (SSSR count). The van der Waals surface area contributed by atoms with Crippen molar-refractivity contribution in [3.05, 3.63) is 36.2 Å². The van der Waals surface area contributed by atoms with Gasteiger partial charge in [-0.25, -0.2) is 0 Å². The molecule has 0 aliphatic carbocycles. The van der Waals surface area contributed by atoms with Crippen LogP contribution < -0.4 is 11.1 Å². The van der Waals surface area contributed by atoms with Crippen molar-refractivity contribution in [2.75, 3.05) is 6.54 Å². The Morgan fingerprint density at radius 2 is 2.55 bits per heavy atom. The molecule has 0 saturated heterocycles. The number of carbonyl (C=O) groups is 1. The van der Waals surface area contributed by atoms with Crippen LogP contribution in [-0.2, 0) is 4.79 Å². The standard InChI is InChI=1S/C8H10N2O/c9-4-3-8(11)7-2-1-5-10-6-7/h1-4,6,10H,5,9H2/b4-3+. The van der Waals surface area contributed by atoms with Crippen LogP contribution in [0.4, 0.5) is 0 Å². The third-order valence-electron chi connectivity index (χ3n) is 1.32. The van der Waals surface area contributed by atoms with Gasteiger partial charge in [0.25, 0.3) is 0 Å². The molecule has 11 heavy (non-hydrogen) atoms. The molecule has 0 radical (unpaired) electrons. The van der Waals surface area contributed by atoms with Gasteiger partial charge in [-0.2, -0.15) is 0 Å². The van der Waals surface area contributed by atoms with Gasteiger partial charge in [-0.1, -0.05) is 12.2 Å². The van der Waals surface area contributed by atoms with Gasteiger partial charge in [0, 0.05) is 24.4 Å². The van der Waals surface area contributed by atoms with Crippen LogP contribution in [0, 0.1) is 0 Å². The molecule has 0 unspecified atom stereocenters. The molecule has 1 aliphatic rings. The van der Waals surface area contributed by atoms with Crippen molar-refractivity contribution in [1.29, 1.82) is 0 Å². The van der Waals surface area contributed by atoms with E-state index < -0.39 is 0 Å². The number of rotatable bonds is 2. The number of allylic oxidation sites excluding steroid dienone is 3. The van der Waals surface area contributed by atoms with E-state index in [1.165, 1.54) is 12.3 Å². The lowest BCUT2D eigenvalue weighted by molar-refractivity contribution is -0.111. The quantitative estimate of drug-likeness (QED) is 0.548. The highest BCUT2D eigenvalue weighted by molar-refractivity contribution is 6.06. The summed E-state index contributed by atoms with van der Waals surface area (Å²) in [6.45, 7) is 0.781. The Balaban J connectivity index is 2.67. The normalized spacial score (nSPS) is 16.2. The molecular formula is C8H10N2O. The smallest absolute Gasteiger partial charge is 0.188 e. The van der Waals surface area contributed by atoms with Crippen LogP contribution in [0.15, 0.2) is 36.2 Å². The van der Waals surface area contributed by atoms with Crippen LogP contribution in [0.1, 0.15) is 0 Å². The minimum absolute atomic E-state index is 0.0732. The predicted octanol–water partition coefficient (Wildman–Crippen LogP) is 0.0712. The summed E-state index contributed by atoms with van der Waals surface area (Å²) in [5.41, 5.74) is 5.70. The number of nitrogens with one attached hydrogen (secondary N) is 1. The van der Waals surface area contributed by atoms with Gasteiger partial charge in [-0.15, -0.1) is 0 Å². The molecule has 58 valence electrons. The van der Waals surface area contributed by atoms with Gasteiger partial charge in [0.1, 0.15) is 0 Å². The molecule has 0 atom stereocenters. The zero-order chi connectivity index (χ0) is 8.10. The van der Waals surface area contributed by atoms with Crippen LogP contribution >= 0.6 is 0 Å². The Hall–Kier alpha value is -1.51. The summed E-state index contributed by atoms with van der Waals surface area (Å²) in [4.78, 5) is 11.1. The Morgan fingerprint density at radius 3 is 3.09 bits per heavy atom. The van der Waals surface area contributed by atoms with E-state index in [4.69, 9.17) is 5.73 Å². The topological polar surface area (TPSA) is 55.1 Å². The van der Waals surface area contributed by atoms with Gasteiger partial charge in [0.15, 0.2) is 5.78 Å². The average Bonchev–Trinajstić information content (AvgIpc) is 2.07. The summed E-state index contributed by atoms with van der Waals surface area (Å²) in [7, 11) is 0. The number of hydrogen-bond acceptors (Lipinski definition) is 3. The fourth-order valence-electron chi connectivity index (χ4n) is 0.808. The third kappa shape index (κ3) is 1.97. The van der Waals surface area contributed by atoms with E-state index in [9.17, 15) is 4.79 Å². The van der Waals surface area contributed by atoms with Crippen molar-refractivity contribution in [3.8, 4) is 0 Å². The predicted molar refractivity (Wildman–Crippen MR) is 43.6 cm³/mol. The third-order valence-corrected chi connectivity index (χ3v) is 1.32.